The lowest BCUT2D eigenvalue weighted by Gasteiger charge is -2.32. The molecule has 2 aliphatic rings. The van der Waals surface area contributed by atoms with Gasteiger partial charge in [0.15, 0.2) is 11.5 Å². The highest BCUT2D eigenvalue weighted by Gasteiger charge is 2.26. The number of ether oxygens (including phenoxy) is 2. The van der Waals surface area contributed by atoms with E-state index in [9.17, 15) is 18.0 Å². The molecule has 12 heteroatoms. The van der Waals surface area contributed by atoms with E-state index in [2.05, 4.69) is 10.3 Å². The molecule has 1 heterocycles. The lowest BCUT2D eigenvalue weighted by atomic mass is 10.1. The number of hydrogen-bond acceptors (Lipinski definition) is 8. The number of piperazine rings is 1. The van der Waals surface area contributed by atoms with Crippen molar-refractivity contribution in [3.63, 3.8) is 0 Å². The van der Waals surface area contributed by atoms with Gasteiger partial charge in [0, 0.05) is 57.1 Å². The fourth-order valence-electron chi connectivity index (χ4n) is 3.87. The molecule has 0 aromatic heterocycles. The maximum absolute atomic E-state index is 12.6. The van der Waals surface area contributed by atoms with Crippen LogP contribution in [-0.2, 0) is 26.2 Å². The van der Waals surface area contributed by atoms with E-state index in [0.29, 0.717) is 41.8 Å². The molecule has 1 aliphatic heterocycles. The molecular weight excluding hydrogens is 498 g/mol. The molecule has 1 aliphatic carbocycles. The number of sulfonamides is 1. The first kappa shape index (κ1) is 28.2. The number of rotatable bonds is 11. The third-order valence-electron chi connectivity index (χ3n) is 6.14. The van der Waals surface area contributed by atoms with Crippen molar-refractivity contribution in [3.8, 4) is 11.5 Å². The van der Waals surface area contributed by atoms with Crippen molar-refractivity contribution < 1.29 is 27.5 Å². The fraction of sp³-hybridized carbons (Fsp3) is 0.480. The number of aliphatic imine (C=N–C) groups is 1. The Bertz CT molecular complexity index is 1180. The number of carbonyl (C=O) groups is 2. The van der Waals surface area contributed by atoms with Crippen LogP contribution in [-0.4, -0.2) is 88.3 Å². The zero-order chi connectivity index (χ0) is 27.0. The van der Waals surface area contributed by atoms with Crippen molar-refractivity contribution in [2.24, 2.45) is 16.6 Å². The van der Waals surface area contributed by atoms with Gasteiger partial charge in [0.2, 0.25) is 15.9 Å². The average Bonchev–Trinajstić information content (AvgIpc) is 3.73. The lowest BCUT2D eigenvalue weighted by Crippen LogP contribution is -2.49. The predicted molar refractivity (Wildman–Crippen MR) is 141 cm³/mol. The number of hydrogen-bond donors (Lipinski definition) is 2. The Morgan fingerprint density at radius 3 is 2.51 bits per heavy atom. The molecule has 0 unspecified atom stereocenters. The van der Waals surface area contributed by atoms with Crippen LogP contribution in [0.15, 0.2) is 47.1 Å². The van der Waals surface area contributed by atoms with Crippen LogP contribution in [0.3, 0.4) is 0 Å². The van der Waals surface area contributed by atoms with Gasteiger partial charge in [-0.2, -0.15) is 4.31 Å². The summed E-state index contributed by atoms with van der Waals surface area (Å²) in [5, 5.41) is 2.84. The Kier molecular flexibility index (Phi) is 9.70. The van der Waals surface area contributed by atoms with Crippen molar-refractivity contribution in [2.75, 3.05) is 53.2 Å². The Labute approximate surface area is 218 Å². The summed E-state index contributed by atoms with van der Waals surface area (Å²) in [6.45, 7) is 1.57. The molecule has 37 heavy (non-hydrogen) atoms. The van der Waals surface area contributed by atoms with E-state index in [4.69, 9.17) is 15.2 Å². The quantitative estimate of drug-likeness (QED) is 0.314. The van der Waals surface area contributed by atoms with E-state index >= 15 is 0 Å². The molecule has 0 spiro atoms. The van der Waals surface area contributed by atoms with E-state index in [-0.39, 0.29) is 43.8 Å². The maximum atomic E-state index is 12.6. The number of nitrogens with zero attached hydrogens (tertiary/aromatic N) is 3. The van der Waals surface area contributed by atoms with Crippen molar-refractivity contribution in [1.82, 2.24) is 14.5 Å². The van der Waals surface area contributed by atoms with E-state index in [1.54, 1.807) is 36.2 Å². The van der Waals surface area contributed by atoms with E-state index in [1.165, 1.54) is 23.7 Å². The Morgan fingerprint density at radius 1 is 1.22 bits per heavy atom. The third-order valence-corrected chi connectivity index (χ3v) is 7.45. The summed E-state index contributed by atoms with van der Waals surface area (Å²) in [4.78, 5) is 30.6. The van der Waals surface area contributed by atoms with Crippen LogP contribution >= 0.6 is 0 Å². The number of methoxy groups -OCH3 is 1. The summed E-state index contributed by atoms with van der Waals surface area (Å²) in [5.74, 6) is 0.744. The summed E-state index contributed by atoms with van der Waals surface area (Å²) < 4.78 is 35.9. The van der Waals surface area contributed by atoms with Crippen LogP contribution < -0.4 is 20.5 Å². The molecule has 2 amide bonds. The normalized spacial score (nSPS) is 17.6. The first-order valence-electron chi connectivity index (χ1n) is 12.0. The van der Waals surface area contributed by atoms with Gasteiger partial charge in [-0.25, -0.2) is 8.42 Å². The van der Waals surface area contributed by atoms with Crippen LogP contribution in [0.1, 0.15) is 18.4 Å². The standard InChI is InChI=1S/C25H35N5O6S/c1-27-21(16-20(26)18-9-10-18)25(32)28-17-19-6-4-7-22(24(19)35-2)36-15-5-8-23(31)29-11-13-30(14-12-29)37(3,33)34/h4-8,16,18H,9-15,17,26H2,1-3H3,(H,28,32)/b8-5+,20-16-,27-21?. The van der Waals surface area contributed by atoms with Gasteiger partial charge in [-0.1, -0.05) is 12.1 Å². The fourth-order valence-corrected chi connectivity index (χ4v) is 4.69. The summed E-state index contributed by atoms with van der Waals surface area (Å²) in [6.07, 6.45) is 7.88. The minimum absolute atomic E-state index is 0.124. The average molecular weight is 534 g/mol. The van der Waals surface area contributed by atoms with Crippen LogP contribution in [0, 0.1) is 5.92 Å². The van der Waals surface area contributed by atoms with E-state index in [0.717, 1.165) is 12.8 Å². The molecule has 1 aromatic rings. The van der Waals surface area contributed by atoms with E-state index < -0.39 is 10.0 Å². The minimum atomic E-state index is -3.25. The van der Waals surface area contributed by atoms with Gasteiger partial charge in [-0.15, -0.1) is 0 Å². The number of nitrogens with two attached hydrogens (primary N) is 1. The summed E-state index contributed by atoms with van der Waals surface area (Å²) >= 11 is 0. The molecule has 2 fully saturated rings. The summed E-state index contributed by atoms with van der Waals surface area (Å²) in [6, 6.07) is 5.34. The topological polar surface area (TPSA) is 144 Å². The monoisotopic (exact) mass is 533 g/mol. The van der Waals surface area contributed by atoms with Gasteiger partial charge in [-0.05, 0) is 37.0 Å². The third kappa shape index (κ3) is 8.05. The molecule has 0 atom stereocenters. The maximum Gasteiger partial charge on any atom is 0.269 e. The van der Waals surface area contributed by atoms with Crippen LogP contribution in [0.5, 0.6) is 11.5 Å². The molecule has 0 radical (unpaired) electrons. The summed E-state index contributed by atoms with van der Waals surface area (Å²) in [5.41, 5.74) is 7.67. The largest absolute Gasteiger partial charge is 0.493 e. The molecule has 202 valence electrons. The smallest absolute Gasteiger partial charge is 0.269 e. The minimum Gasteiger partial charge on any atom is -0.493 e. The number of benzene rings is 1. The van der Waals surface area contributed by atoms with Gasteiger partial charge in [0.05, 0.1) is 13.4 Å². The Hall–Kier alpha value is -3.38. The summed E-state index contributed by atoms with van der Waals surface area (Å²) in [7, 11) is -0.184. The molecule has 1 saturated carbocycles. The number of para-hydroxylation sites is 1. The van der Waals surface area contributed by atoms with Gasteiger partial charge in [-0.3, -0.25) is 14.6 Å². The number of allylic oxidation sites excluding steroid dienone is 1. The highest BCUT2D eigenvalue weighted by atomic mass is 32.2. The lowest BCUT2D eigenvalue weighted by molar-refractivity contribution is -0.127. The first-order valence-corrected chi connectivity index (χ1v) is 13.9. The Balaban J connectivity index is 1.52. The van der Waals surface area contributed by atoms with Crippen molar-refractivity contribution in [1.29, 1.82) is 0 Å². The highest BCUT2D eigenvalue weighted by Crippen LogP contribution is 2.33. The van der Waals surface area contributed by atoms with Gasteiger partial charge >= 0.3 is 0 Å². The van der Waals surface area contributed by atoms with E-state index in [1.807, 2.05) is 6.07 Å². The second kappa shape index (κ2) is 12.7. The highest BCUT2D eigenvalue weighted by molar-refractivity contribution is 7.88. The first-order chi connectivity index (χ1) is 17.6. The van der Waals surface area contributed by atoms with Crippen LogP contribution in [0.2, 0.25) is 0 Å². The van der Waals surface area contributed by atoms with Gasteiger partial charge in [0.25, 0.3) is 5.91 Å². The van der Waals surface area contributed by atoms with Gasteiger partial charge in [0.1, 0.15) is 12.3 Å². The molecular formula is C25H35N5O6S. The second-order valence-corrected chi connectivity index (χ2v) is 10.8. The van der Waals surface area contributed by atoms with Crippen LogP contribution in [0.4, 0.5) is 0 Å². The second-order valence-electron chi connectivity index (χ2n) is 8.86. The number of carbonyl (C=O) groups excluding carboxylic acids is 2. The molecule has 11 nitrogen and oxygen atoms in total. The predicted octanol–water partition coefficient (Wildman–Crippen LogP) is 0.674. The van der Waals surface area contributed by atoms with Crippen LogP contribution in [0.25, 0.3) is 0 Å². The Morgan fingerprint density at radius 2 is 1.92 bits per heavy atom. The molecule has 3 rings (SSSR count). The van der Waals surface area contributed by atoms with Crippen molar-refractivity contribution in [3.05, 3.63) is 47.7 Å². The van der Waals surface area contributed by atoms with Crippen molar-refractivity contribution >= 4 is 27.5 Å². The number of nitrogens with one attached hydrogen (secondary N) is 1. The zero-order valence-electron chi connectivity index (χ0n) is 21.5. The molecule has 1 saturated heterocycles. The molecule has 3 N–H and O–H groups in total. The van der Waals surface area contributed by atoms with Crippen molar-refractivity contribution in [2.45, 2.75) is 19.4 Å². The van der Waals surface area contributed by atoms with Gasteiger partial charge < -0.3 is 25.4 Å². The molecule has 1 aromatic carbocycles. The SMILES string of the molecule is CN=C(/C=C(\N)C1CC1)C(=O)NCc1cccc(OC/C=C/C(=O)N2CCN(S(C)(=O)=O)CC2)c1OC. The zero-order valence-corrected chi connectivity index (χ0v) is 22.3. The molecule has 0 bridgehead atoms. The number of amides is 2.